The van der Waals surface area contributed by atoms with E-state index >= 15 is 0 Å². The summed E-state index contributed by atoms with van der Waals surface area (Å²) >= 11 is 0. The number of rotatable bonds is 5. The minimum Gasteiger partial charge on any atom is -0.497 e. The fraction of sp³-hybridized carbons (Fsp3) is 0.231. The minimum atomic E-state index is -1.65. The molecule has 1 aromatic heterocycles. The zero-order chi connectivity index (χ0) is 15.4. The van der Waals surface area contributed by atoms with Crippen LogP contribution in [0.4, 0.5) is 4.39 Å². The highest BCUT2D eigenvalue weighted by Gasteiger charge is 2.16. The Morgan fingerprint density at radius 1 is 1.38 bits per heavy atom. The van der Waals surface area contributed by atoms with Gasteiger partial charge in [0.25, 0.3) is 0 Å². The molecule has 1 aromatic carbocycles. The second-order valence-corrected chi connectivity index (χ2v) is 4.24. The van der Waals surface area contributed by atoms with Crippen molar-refractivity contribution in [3.05, 3.63) is 41.5 Å². The average Bonchev–Trinajstić information content (AvgIpc) is 2.95. The maximum Gasteiger partial charge on any atom is 0.365 e. The Bertz CT molecular complexity index is 679. The summed E-state index contributed by atoms with van der Waals surface area (Å²) in [5.41, 5.74) is 0.739. The van der Waals surface area contributed by atoms with Gasteiger partial charge >= 0.3 is 5.97 Å². The Hall–Kier alpha value is -2.77. The van der Waals surface area contributed by atoms with Gasteiger partial charge in [0.1, 0.15) is 5.75 Å². The van der Waals surface area contributed by atoms with Gasteiger partial charge in [-0.2, -0.15) is 9.19 Å². The number of hydrogen-bond acceptors (Lipinski definition) is 5. The van der Waals surface area contributed by atoms with Crippen molar-refractivity contribution in [1.82, 2.24) is 20.2 Å². The lowest BCUT2D eigenvalue weighted by Gasteiger charge is -2.02. The molecule has 21 heavy (non-hydrogen) atoms. The smallest absolute Gasteiger partial charge is 0.365 e. The molecule has 1 heterocycles. The Kier molecular flexibility index (Phi) is 4.27. The molecule has 0 saturated heterocycles. The second kappa shape index (κ2) is 6.12. The largest absolute Gasteiger partial charge is 0.497 e. The maximum atomic E-state index is 13.3. The lowest BCUT2D eigenvalue weighted by Crippen LogP contribution is -2.04. The fourth-order valence-corrected chi connectivity index (χ4v) is 1.61. The molecule has 0 aliphatic rings. The van der Waals surface area contributed by atoms with E-state index in [0.717, 1.165) is 11.3 Å². The Morgan fingerprint density at radius 3 is 2.62 bits per heavy atom. The quantitative estimate of drug-likeness (QED) is 0.840. The van der Waals surface area contributed by atoms with Crippen molar-refractivity contribution in [2.75, 3.05) is 7.11 Å². The summed E-state index contributed by atoms with van der Waals surface area (Å²) in [5, 5.41) is 19.9. The van der Waals surface area contributed by atoms with Crippen LogP contribution < -0.4 is 4.74 Å². The molecule has 0 unspecified atom stereocenters. The van der Waals surface area contributed by atoms with E-state index in [1.807, 2.05) is 12.1 Å². The SMILES string of the molecule is COc1ccc(Cn2nnc(/C(C)=C(/F)C(=O)O)n2)cc1. The Balaban J connectivity index is 2.16. The van der Waals surface area contributed by atoms with Gasteiger partial charge in [0.05, 0.1) is 13.7 Å². The third-order valence-electron chi connectivity index (χ3n) is 2.79. The summed E-state index contributed by atoms with van der Waals surface area (Å²) in [6.07, 6.45) is 0. The molecule has 0 saturated carbocycles. The number of carboxylic acids is 1. The predicted octanol–water partition coefficient (Wildman–Crippen LogP) is 1.52. The van der Waals surface area contributed by atoms with Gasteiger partial charge < -0.3 is 9.84 Å². The van der Waals surface area contributed by atoms with Crippen molar-refractivity contribution in [2.24, 2.45) is 0 Å². The molecule has 0 aliphatic heterocycles. The van der Waals surface area contributed by atoms with Crippen LogP contribution in [0.25, 0.3) is 5.57 Å². The van der Waals surface area contributed by atoms with Gasteiger partial charge in [0.15, 0.2) is 0 Å². The van der Waals surface area contributed by atoms with Gasteiger partial charge in [-0.25, -0.2) is 4.79 Å². The number of ether oxygens (including phenoxy) is 1. The van der Waals surface area contributed by atoms with Crippen molar-refractivity contribution in [2.45, 2.75) is 13.5 Å². The normalized spacial score (nSPS) is 12.0. The van der Waals surface area contributed by atoms with Crippen molar-refractivity contribution in [3.8, 4) is 5.75 Å². The molecule has 0 amide bonds. The topological polar surface area (TPSA) is 90.1 Å². The first kappa shape index (κ1) is 14.6. The zero-order valence-electron chi connectivity index (χ0n) is 11.4. The number of hydrogen-bond donors (Lipinski definition) is 1. The van der Waals surface area contributed by atoms with Gasteiger partial charge in [-0.1, -0.05) is 12.1 Å². The first-order valence-corrected chi connectivity index (χ1v) is 6.02. The molecule has 7 nitrogen and oxygen atoms in total. The lowest BCUT2D eigenvalue weighted by atomic mass is 10.2. The number of nitrogens with zero attached hydrogens (tertiary/aromatic N) is 4. The van der Waals surface area contributed by atoms with Gasteiger partial charge in [0.2, 0.25) is 11.7 Å². The van der Waals surface area contributed by atoms with Gasteiger partial charge in [-0.05, 0) is 29.8 Å². The van der Waals surface area contributed by atoms with E-state index < -0.39 is 11.8 Å². The third-order valence-corrected chi connectivity index (χ3v) is 2.79. The number of aliphatic carboxylic acids is 1. The highest BCUT2D eigenvalue weighted by Crippen LogP contribution is 2.15. The molecule has 8 heteroatoms. The van der Waals surface area contributed by atoms with E-state index in [9.17, 15) is 9.18 Å². The van der Waals surface area contributed by atoms with Crippen LogP contribution in [0, 0.1) is 0 Å². The monoisotopic (exact) mass is 292 g/mol. The standard InChI is InChI=1S/C13H13FN4O3/c1-8(11(14)13(19)20)12-15-17-18(16-12)7-9-3-5-10(21-2)6-4-9/h3-6H,7H2,1-2H3,(H,19,20)/b11-8+. The van der Waals surface area contributed by atoms with Crippen molar-refractivity contribution >= 4 is 11.5 Å². The minimum absolute atomic E-state index is 0.0524. The number of allylic oxidation sites excluding steroid dienone is 1. The van der Waals surface area contributed by atoms with E-state index in [4.69, 9.17) is 9.84 Å². The number of halogens is 1. The number of aromatic nitrogens is 4. The predicted molar refractivity (Wildman–Crippen MR) is 71.3 cm³/mol. The molecular formula is C13H13FN4O3. The second-order valence-electron chi connectivity index (χ2n) is 4.24. The molecule has 0 spiro atoms. The number of carbonyl (C=O) groups is 1. The van der Waals surface area contributed by atoms with E-state index in [0.29, 0.717) is 6.54 Å². The summed E-state index contributed by atoms with van der Waals surface area (Å²) in [6, 6.07) is 7.26. The van der Waals surface area contributed by atoms with E-state index in [-0.39, 0.29) is 11.4 Å². The molecule has 2 rings (SSSR count). The van der Waals surface area contributed by atoms with Crippen molar-refractivity contribution in [1.29, 1.82) is 0 Å². The van der Waals surface area contributed by atoms with Gasteiger partial charge in [-0.15, -0.1) is 10.2 Å². The zero-order valence-corrected chi connectivity index (χ0v) is 11.4. The molecular weight excluding hydrogens is 279 g/mol. The lowest BCUT2D eigenvalue weighted by molar-refractivity contribution is -0.134. The molecule has 0 fully saturated rings. The first-order valence-electron chi connectivity index (χ1n) is 6.02. The van der Waals surface area contributed by atoms with E-state index in [1.54, 1.807) is 19.2 Å². The number of carboxylic acid groups (broad SMARTS) is 1. The molecule has 0 radical (unpaired) electrons. The van der Waals surface area contributed by atoms with Crippen LogP contribution >= 0.6 is 0 Å². The highest BCUT2D eigenvalue weighted by atomic mass is 19.1. The third kappa shape index (κ3) is 3.41. The van der Waals surface area contributed by atoms with Crippen molar-refractivity contribution < 1.29 is 19.0 Å². The highest BCUT2D eigenvalue weighted by molar-refractivity contribution is 5.92. The van der Waals surface area contributed by atoms with Crippen LogP contribution in [0.3, 0.4) is 0 Å². The Morgan fingerprint density at radius 2 is 2.05 bits per heavy atom. The summed E-state index contributed by atoms with van der Waals surface area (Å²) in [7, 11) is 1.58. The number of tetrazole rings is 1. The number of methoxy groups -OCH3 is 1. The molecule has 1 N–H and O–H groups in total. The van der Waals surface area contributed by atoms with E-state index in [2.05, 4.69) is 15.4 Å². The molecule has 110 valence electrons. The van der Waals surface area contributed by atoms with Crippen LogP contribution in [0.2, 0.25) is 0 Å². The summed E-state index contributed by atoms with van der Waals surface area (Å²) in [6.45, 7) is 1.62. The molecule has 0 atom stereocenters. The Labute approximate surface area is 119 Å². The average molecular weight is 292 g/mol. The van der Waals surface area contributed by atoms with Crippen molar-refractivity contribution in [3.63, 3.8) is 0 Å². The van der Waals surface area contributed by atoms with Gasteiger partial charge in [0, 0.05) is 5.57 Å². The summed E-state index contributed by atoms with van der Waals surface area (Å²) in [4.78, 5) is 11.8. The van der Waals surface area contributed by atoms with Gasteiger partial charge in [-0.3, -0.25) is 0 Å². The number of benzene rings is 1. The van der Waals surface area contributed by atoms with Crippen LogP contribution in [-0.4, -0.2) is 38.4 Å². The summed E-state index contributed by atoms with van der Waals surface area (Å²) < 4.78 is 18.3. The molecule has 0 aliphatic carbocycles. The van der Waals surface area contributed by atoms with Crippen LogP contribution in [0.1, 0.15) is 18.3 Å². The maximum absolute atomic E-state index is 13.3. The van der Waals surface area contributed by atoms with Crippen LogP contribution in [-0.2, 0) is 11.3 Å². The fourth-order valence-electron chi connectivity index (χ4n) is 1.61. The summed E-state index contributed by atoms with van der Waals surface area (Å²) in [5.74, 6) is -2.27. The molecule has 0 bridgehead atoms. The molecule has 2 aromatic rings. The van der Waals surface area contributed by atoms with Crippen LogP contribution in [0.5, 0.6) is 5.75 Å². The van der Waals surface area contributed by atoms with E-state index in [1.165, 1.54) is 11.7 Å². The first-order chi connectivity index (χ1) is 10.0. The van der Waals surface area contributed by atoms with Crippen LogP contribution in [0.15, 0.2) is 30.1 Å².